The maximum atomic E-state index is 4.65. The first-order valence-electron chi connectivity index (χ1n) is 9.46. The largest absolute Gasteiger partial charge is 0.357 e. The second-order valence-electron chi connectivity index (χ2n) is 5.94. The number of nitrogens with zero attached hydrogens (tertiary/aromatic N) is 5. The molecule has 2 N–H and O–H groups in total. The van der Waals surface area contributed by atoms with E-state index in [9.17, 15) is 0 Å². The van der Waals surface area contributed by atoms with Crippen LogP contribution in [0, 0.1) is 0 Å². The fourth-order valence-corrected chi connectivity index (χ4v) is 2.64. The van der Waals surface area contributed by atoms with E-state index in [4.69, 9.17) is 0 Å². The predicted octanol–water partition coefficient (Wildman–Crippen LogP) is 2.89. The monoisotopic (exact) mass is 485 g/mol. The number of aliphatic imine (C=N–C) groups is 1. The van der Waals surface area contributed by atoms with Gasteiger partial charge in [-0.2, -0.15) is 5.10 Å². The van der Waals surface area contributed by atoms with Crippen LogP contribution in [0.2, 0.25) is 0 Å². The molecule has 0 spiro atoms. The first-order valence-corrected chi connectivity index (χ1v) is 9.46. The highest BCUT2D eigenvalue weighted by molar-refractivity contribution is 14.0. The van der Waals surface area contributed by atoms with E-state index in [1.54, 1.807) is 6.20 Å². The minimum Gasteiger partial charge on any atom is -0.357 e. The Morgan fingerprint density at radius 3 is 2.59 bits per heavy atom. The lowest BCUT2D eigenvalue weighted by molar-refractivity contribution is 0.570. The quantitative estimate of drug-likeness (QED) is 0.235. The lowest BCUT2D eigenvalue weighted by atomic mass is 10.3. The van der Waals surface area contributed by atoms with Gasteiger partial charge in [0.2, 0.25) is 0 Å². The zero-order valence-corrected chi connectivity index (χ0v) is 18.9. The summed E-state index contributed by atoms with van der Waals surface area (Å²) in [4.78, 5) is 11.4. The van der Waals surface area contributed by atoms with E-state index in [2.05, 4.69) is 63.5 Å². The average Bonchev–Trinajstić information content (AvgIpc) is 3.18. The first-order chi connectivity index (χ1) is 12.8. The molecule has 27 heavy (non-hydrogen) atoms. The molecule has 0 fully saturated rings. The Hall–Kier alpha value is -1.84. The van der Waals surface area contributed by atoms with E-state index >= 15 is 0 Å². The Morgan fingerprint density at radius 1 is 1.19 bits per heavy atom. The van der Waals surface area contributed by atoms with Crippen LogP contribution in [-0.4, -0.2) is 46.9 Å². The van der Waals surface area contributed by atoms with Crippen molar-refractivity contribution in [3.05, 3.63) is 42.4 Å². The summed E-state index contributed by atoms with van der Waals surface area (Å²) < 4.78 is 1.94. The van der Waals surface area contributed by atoms with E-state index in [-0.39, 0.29) is 24.0 Å². The summed E-state index contributed by atoms with van der Waals surface area (Å²) in [5.41, 5.74) is 1.11. The summed E-state index contributed by atoms with van der Waals surface area (Å²) in [7, 11) is 0. The van der Waals surface area contributed by atoms with Gasteiger partial charge in [0.15, 0.2) is 5.96 Å². The fourth-order valence-electron chi connectivity index (χ4n) is 2.64. The Bertz CT molecular complexity index is 637. The topological polar surface area (TPSA) is 70.4 Å². The van der Waals surface area contributed by atoms with Gasteiger partial charge in [0, 0.05) is 51.3 Å². The van der Waals surface area contributed by atoms with Crippen molar-refractivity contribution >= 4 is 35.8 Å². The number of guanidine groups is 1. The first kappa shape index (κ1) is 23.2. The number of aromatic nitrogens is 3. The standard InChI is InChI=1S/C19H31N7.HI/c1-4-20-19(21-11-7-13-26-14-8-12-24-26)23-16-17-9-10-18(22-15-17)25(5-2)6-3;/h8-10,12,14-15H,4-7,11,13,16H2,1-3H3,(H2,20,21,23);1H. The zero-order valence-electron chi connectivity index (χ0n) is 16.6. The summed E-state index contributed by atoms with van der Waals surface area (Å²) in [5.74, 6) is 1.85. The van der Waals surface area contributed by atoms with Crippen molar-refractivity contribution in [2.24, 2.45) is 4.99 Å². The van der Waals surface area contributed by atoms with Gasteiger partial charge in [0.25, 0.3) is 0 Å². The van der Waals surface area contributed by atoms with Gasteiger partial charge in [-0.3, -0.25) is 4.68 Å². The highest BCUT2D eigenvalue weighted by atomic mass is 127. The number of aryl methyl sites for hydroxylation is 1. The number of hydrogen-bond acceptors (Lipinski definition) is 4. The number of halogens is 1. The van der Waals surface area contributed by atoms with Crippen molar-refractivity contribution in [1.29, 1.82) is 0 Å². The van der Waals surface area contributed by atoms with E-state index in [0.29, 0.717) is 6.54 Å². The SMILES string of the molecule is CCNC(=NCc1ccc(N(CC)CC)nc1)NCCCn1cccn1.I. The van der Waals surface area contributed by atoms with Crippen LogP contribution in [0.5, 0.6) is 0 Å². The molecule has 2 aromatic rings. The van der Waals surface area contributed by atoms with E-state index in [1.807, 2.05) is 23.1 Å². The van der Waals surface area contributed by atoms with Crippen molar-refractivity contribution in [3.8, 4) is 0 Å². The summed E-state index contributed by atoms with van der Waals surface area (Å²) >= 11 is 0. The molecule has 0 amide bonds. The molecule has 150 valence electrons. The van der Waals surface area contributed by atoms with Gasteiger partial charge in [-0.05, 0) is 44.9 Å². The van der Waals surface area contributed by atoms with Crippen molar-refractivity contribution in [2.75, 3.05) is 31.1 Å². The molecule has 0 bridgehead atoms. The molecular weight excluding hydrogens is 453 g/mol. The summed E-state index contributed by atoms with van der Waals surface area (Å²) in [5, 5.41) is 10.9. The highest BCUT2D eigenvalue weighted by Crippen LogP contribution is 2.11. The van der Waals surface area contributed by atoms with Crippen molar-refractivity contribution in [1.82, 2.24) is 25.4 Å². The third-order valence-corrected chi connectivity index (χ3v) is 4.08. The summed E-state index contributed by atoms with van der Waals surface area (Å²) in [6.45, 7) is 11.5. The van der Waals surface area contributed by atoms with Gasteiger partial charge < -0.3 is 15.5 Å². The third kappa shape index (κ3) is 8.15. The van der Waals surface area contributed by atoms with Gasteiger partial charge >= 0.3 is 0 Å². The Kier molecular flexibility index (Phi) is 11.5. The maximum absolute atomic E-state index is 4.65. The summed E-state index contributed by atoms with van der Waals surface area (Å²) in [6, 6.07) is 6.12. The lowest BCUT2D eigenvalue weighted by Gasteiger charge is -2.19. The number of nitrogens with one attached hydrogen (secondary N) is 2. The minimum atomic E-state index is 0. The predicted molar refractivity (Wildman–Crippen MR) is 123 cm³/mol. The van der Waals surface area contributed by atoms with Crippen LogP contribution in [0.4, 0.5) is 5.82 Å². The molecule has 7 nitrogen and oxygen atoms in total. The molecule has 0 atom stereocenters. The second-order valence-corrected chi connectivity index (χ2v) is 5.94. The van der Waals surface area contributed by atoms with Crippen molar-refractivity contribution < 1.29 is 0 Å². The van der Waals surface area contributed by atoms with Crippen LogP contribution in [0.3, 0.4) is 0 Å². The van der Waals surface area contributed by atoms with Crippen LogP contribution in [0.15, 0.2) is 41.8 Å². The number of hydrogen-bond donors (Lipinski definition) is 2. The van der Waals surface area contributed by atoms with Crippen molar-refractivity contribution in [3.63, 3.8) is 0 Å². The molecule has 0 radical (unpaired) electrons. The lowest BCUT2D eigenvalue weighted by Crippen LogP contribution is -2.38. The molecular formula is C19H32IN7. The van der Waals surface area contributed by atoms with Crippen LogP contribution < -0.4 is 15.5 Å². The van der Waals surface area contributed by atoms with Crippen LogP contribution in [0.1, 0.15) is 32.8 Å². The number of anilines is 1. The van der Waals surface area contributed by atoms with E-state index in [1.165, 1.54) is 0 Å². The Morgan fingerprint density at radius 2 is 2.00 bits per heavy atom. The van der Waals surface area contributed by atoms with Crippen LogP contribution >= 0.6 is 24.0 Å². The number of rotatable bonds is 10. The van der Waals surface area contributed by atoms with Gasteiger partial charge in [-0.15, -0.1) is 24.0 Å². The Balaban J connectivity index is 0.00000364. The highest BCUT2D eigenvalue weighted by Gasteiger charge is 2.03. The molecule has 2 rings (SSSR count). The minimum absolute atomic E-state index is 0. The normalized spacial score (nSPS) is 11.0. The zero-order chi connectivity index (χ0) is 18.6. The fraction of sp³-hybridized carbons (Fsp3) is 0.526. The molecule has 0 aromatic carbocycles. The smallest absolute Gasteiger partial charge is 0.191 e. The van der Waals surface area contributed by atoms with Gasteiger partial charge in [0.05, 0.1) is 6.54 Å². The molecule has 0 aliphatic heterocycles. The average molecular weight is 485 g/mol. The van der Waals surface area contributed by atoms with E-state index < -0.39 is 0 Å². The summed E-state index contributed by atoms with van der Waals surface area (Å²) in [6.07, 6.45) is 6.69. The molecule has 0 saturated carbocycles. The molecule has 0 aliphatic rings. The van der Waals surface area contributed by atoms with E-state index in [0.717, 1.165) is 56.5 Å². The Labute approximate surface area is 179 Å². The van der Waals surface area contributed by atoms with Gasteiger partial charge in [0.1, 0.15) is 5.82 Å². The van der Waals surface area contributed by atoms with Crippen molar-refractivity contribution in [2.45, 2.75) is 40.3 Å². The third-order valence-electron chi connectivity index (χ3n) is 4.08. The molecule has 2 aromatic heterocycles. The second kappa shape index (κ2) is 13.3. The van der Waals surface area contributed by atoms with Crippen LogP contribution in [-0.2, 0) is 13.1 Å². The molecule has 0 unspecified atom stereocenters. The van der Waals surface area contributed by atoms with Gasteiger partial charge in [-0.25, -0.2) is 9.98 Å². The van der Waals surface area contributed by atoms with Gasteiger partial charge in [-0.1, -0.05) is 6.07 Å². The number of pyridine rings is 1. The molecule has 8 heteroatoms. The molecule has 0 saturated heterocycles. The molecule has 0 aliphatic carbocycles. The molecule has 2 heterocycles. The maximum Gasteiger partial charge on any atom is 0.191 e. The van der Waals surface area contributed by atoms with Crippen LogP contribution in [0.25, 0.3) is 0 Å².